The molecule has 0 radical (unpaired) electrons. The second-order valence-corrected chi connectivity index (χ2v) is 7.80. The Morgan fingerprint density at radius 2 is 1.36 bits per heavy atom. The van der Waals surface area contributed by atoms with E-state index in [9.17, 15) is 27.6 Å². The lowest BCUT2D eigenvalue weighted by molar-refractivity contribution is -0.269. The third-order valence-corrected chi connectivity index (χ3v) is 4.03. The van der Waals surface area contributed by atoms with Crippen molar-refractivity contribution >= 4 is 33.9 Å². The van der Waals surface area contributed by atoms with E-state index in [1.165, 1.54) is 0 Å². The largest absolute Gasteiger partial charge is 0.463 e. The topological polar surface area (TPSA) is 161 Å². The van der Waals surface area contributed by atoms with Crippen molar-refractivity contribution < 1.29 is 51.3 Å². The number of hydrogen-bond donors (Lipinski definition) is 1. The lowest BCUT2D eigenvalue weighted by atomic mass is 9.97. The third kappa shape index (κ3) is 7.78. The first kappa shape index (κ1) is 23.8. The smallest absolute Gasteiger partial charge is 0.304 e. The molecule has 0 aliphatic carbocycles. The maximum Gasteiger partial charge on any atom is 0.304 e. The van der Waals surface area contributed by atoms with Crippen LogP contribution in [-0.2, 0) is 52.9 Å². The van der Waals surface area contributed by atoms with Crippen LogP contribution in [-0.4, -0.2) is 75.8 Å². The van der Waals surface area contributed by atoms with Crippen LogP contribution in [0.4, 0.5) is 0 Å². The Morgan fingerprint density at radius 1 is 0.857 bits per heavy atom. The van der Waals surface area contributed by atoms with Gasteiger partial charge in [0.05, 0.1) is 6.26 Å². The van der Waals surface area contributed by atoms with Gasteiger partial charge >= 0.3 is 23.9 Å². The fourth-order valence-electron chi connectivity index (χ4n) is 2.54. The van der Waals surface area contributed by atoms with Gasteiger partial charge in [-0.25, -0.2) is 13.1 Å². The second kappa shape index (κ2) is 9.80. The maximum atomic E-state index is 11.8. The van der Waals surface area contributed by atoms with Crippen LogP contribution in [0.1, 0.15) is 27.7 Å². The van der Waals surface area contributed by atoms with E-state index in [0.717, 1.165) is 34.0 Å². The number of sulfonamides is 1. The average Bonchev–Trinajstić information content (AvgIpc) is 2.48. The van der Waals surface area contributed by atoms with Gasteiger partial charge in [-0.3, -0.25) is 19.2 Å². The van der Waals surface area contributed by atoms with Crippen LogP contribution >= 0.6 is 0 Å². The first-order chi connectivity index (χ1) is 12.8. The summed E-state index contributed by atoms with van der Waals surface area (Å²) in [4.78, 5) is 45.7. The average molecular weight is 425 g/mol. The van der Waals surface area contributed by atoms with Crippen molar-refractivity contribution in [2.45, 2.75) is 58.3 Å². The van der Waals surface area contributed by atoms with Crippen molar-refractivity contribution in [3.8, 4) is 0 Å². The number of nitrogens with one attached hydrogen (secondary N) is 1. The minimum Gasteiger partial charge on any atom is -0.463 e. The van der Waals surface area contributed by atoms with Crippen molar-refractivity contribution in [3.05, 3.63) is 0 Å². The quantitative estimate of drug-likeness (QED) is 0.378. The summed E-state index contributed by atoms with van der Waals surface area (Å²) < 4.78 is 51.3. The van der Waals surface area contributed by atoms with Crippen molar-refractivity contribution in [1.29, 1.82) is 0 Å². The van der Waals surface area contributed by atoms with Gasteiger partial charge in [-0.05, 0) is 0 Å². The van der Waals surface area contributed by atoms with Crippen LogP contribution in [0.3, 0.4) is 0 Å². The van der Waals surface area contributed by atoms with Crippen molar-refractivity contribution in [1.82, 2.24) is 4.72 Å². The molecule has 0 unspecified atom stereocenters. The van der Waals surface area contributed by atoms with Crippen molar-refractivity contribution in [2.75, 3.05) is 12.9 Å². The highest BCUT2D eigenvalue weighted by Gasteiger charge is 2.52. The molecule has 1 aliphatic rings. The Labute approximate surface area is 161 Å². The minimum atomic E-state index is -3.89. The zero-order valence-electron chi connectivity index (χ0n) is 16.0. The molecule has 13 heteroatoms. The van der Waals surface area contributed by atoms with E-state index in [-0.39, 0.29) is 0 Å². The molecule has 1 rings (SSSR count). The lowest BCUT2D eigenvalue weighted by Crippen LogP contribution is -2.66. The summed E-state index contributed by atoms with van der Waals surface area (Å²) in [7, 11) is -3.89. The van der Waals surface area contributed by atoms with Gasteiger partial charge in [0.2, 0.25) is 16.3 Å². The van der Waals surface area contributed by atoms with Gasteiger partial charge in [0, 0.05) is 27.7 Å². The Balaban J connectivity index is 3.37. The van der Waals surface area contributed by atoms with E-state index < -0.39 is 71.2 Å². The first-order valence-corrected chi connectivity index (χ1v) is 9.97. The SMILES string of the molecule is CC(=O)OC[C@H]1O[C@H](OC(C)=O)[C@@H](NS(C)(=O)=O)[C@@H](OC(C)=O)[C@@H]1OC(C)=O. The zero-order valence-corrected chi connectivity index (χ0v) is 16.8. The molecule has 160 valence electrons. The zero-order chi connectivity index (χ0) is 21.6. The summed E-state index contributed by atoms with van der Waals surface area (Å²) in [6, 6.07) is -1.43. The predicted molar refractivity (Wildman–Crippen MR) is 89.9 cm³/mol. The molecule has 1 N–H and O–H groups in total. The summed E-state index contributed by atoms with van der Waals surface area (Å²) in [6.07, 6.45) is -4.72. The first-order valence-electron chi connectivity index (χ1n) is 8.08. The van der Waals surface area contributed by atoms with Crippen LogP contribution in [0.25, 0.3) is 0 Å². The van der Waals surface area contributed by atoms with E-state index in [1.807, 2.05) is 0 Å². The molecule has 0 saturated carbocycles. The minimum absolute atomic E-state index is 0.436. The molecule has 1 aliphatic heterocycles. The third-order valence-electron chi connectivity index (χ3n) is 3.33. The number of carbonyl (C=O) groups excluding carboxylic acids is 4. The number of carbonyl (C=O) groups is 4. The summed E-state index contributed by atoms with van der Waals surface area (Å²) in [5, 5.41) is 0. The molecular formula is C15H23NO11S. The molecule has 0 spiro atoms. The Kier molecular flexibility index (Phi) is 8.32. The summed E-state index contributed by atoms with van der Waals surface area (Å²) in [6.45, 7) is 3.88. The van der Waals surface area contributed by atoms with Crippen LogP contribution in [0, 0.1) is 0 Å². The predicted octanol–water partition coefficient (Wildman–Crippen LogP) is -1.38. The molecule has 12 nitrogen and oxygen atoms in total. The Morgan fingerprint density at radius 3 is 1.79 bits per heavy atom. The van der Waals surface area contributed by atoms with Gasteiger partial charge in [0.15, 0.2) is 12.2 Å². The molecule has 0 aromatic rings. The van der Waals surface area contributed by atoms with E-state index in [0.29, 0.717) is 0 Å². The number of hydrogen-bond acceptors (Lipinski definition) is 11. The Bertz CT molecular complexity index is 719. The molecule has 0 amide bonds. The summed E-state index contributed by atoms with van der Waals surface area (Å²) in [5.41, 5.74) is 0. The lowest BCUT2D eigenvalue weighted by Gasteiger charge is -2.44. The number of rotatable bonds is 7. The van der Waals surface area contributed by atoms with Gasteiger partial charge in [-0.2, -0.15) is 0 Å². The van der Waals surface area contributed by atoms with Gasteiger partial charge in [-0.15, -0.1) is 0 Å². The van der Waals surface area contributed by atoms with Gasteiger partial charge in [0.1, 0.15) is 18.8 Å². The van der Waals surface area contributed by atoms with Gasteiger partial charge in [-0.1, -0.05) is 0 Å². The molecule has 5 atom stereocenters. The highest BCUT2D eigenvalue weighted by molar-refractivity contribution is 7.88. The standard InChI is InChI=1S/C15H23NO11S/c1-7(17)23-6-11-13(24-8(2)18)14(25-9(3)19)12(16-28(5,21)22)15(27-11)26-10(4)20/h11-16H,6H2,1-5H3/t11-,12+,13-,14-,15+/m1/s1. The normalized spacial score (nSPS) is 27.4. The van der Waals surface area contributed by atoms with Crippen LogP contribution < -0.4 is 4.72 Å². The molecule has 28 heavy (non-hydrogen) atoms. The highest BCUT2D eigenvalue weighted by atomic mass is 32.2. The monoisotopic (exact) mass is 425 g/mol. The molecule has 1 heterocycles. The molecule has 1 fully saturated rings. The van der Waals surface area contributed by atoms with E-state index in [2.05, 4.69) is 4.72 Å². The molecule has 0 aromatic carbocycles. The molecular weight excluding hydrogens is 402 g/mol. The molecule has 0 aromatic heterocycles. The van der Waals surface area contributed by atoms with Crippen LogP contribution in [0.15, 0.2) is 0 Å². The molecule has 0 bridgehead atoms. The van der Waals surface area contributed by atoms with E-state index >= 15 is 0 Å². The summed E-state index contributed by atoms with van der Waals surface area (Å²) in [5.74, 6) is -3.10. The van der Waals surface area contributed by atoms with Crippen molar-refractivity contribution in [2.24, 2.45) is 0 Å². The van der Waals surface area contributed by atoms with Crippen LogP contribution in [0.2, 0.25) is 0 Å². The fourth-order valence-corrected chi connectivity index (χ4v) is 3.28. The van der Waals surface area contributed by atoms with E-state index in [4.69, 9.17) is 23.7 Å². The summed E-state index contributed by atoms with van der Waals surface area (Å²) >= 11 is 0. The van der Waals surface area contributed by atoms with Crippen molar-refractivity contribution in [3.63, 3.8) is 0 Å². The van der Waals surface area contributed by atoms with E-state index in [1.54, 1.807) is 0 Å². The number of ether oxygens (including phenoxy) is 5. The second-order valence-electron chi connectivity index (χ2n) is 6.02. The highest BCUT2D eigenvalue weighted by Crippen LogP contribution is 2.28. The Hall–Kier alpha value is -2.25. The molecule has 1 saturated heterocycles. The number of esters is 4. The van der Waals surface area contributed by atoms with Gasteiger partial charge in [0.25, 0.3) is 0 Å². The van der Waals surface area contributed by atoms with Crippen LogP contribution in [0.5, 0.6) is 0 Å². The fraction of sp³-hybridized carbons (Fsp3) is 0.733. The van der Waals surface area contributed by atoms with Gasteiger partial charge < -0.3 is 23.7 Å². The maximum absolute atomic E-state index is 11.8.